The predicted molar refractivity (Wildman–Crippen MR) is 107 cm³/mol. The van der Waals surface area contributed by atoms with E-state index < -0.39 is 23.8 Å². The highest BCUT2D eigenvalue weighted by Crippen LogP contribution is 2.47. The Morgan fingerprint density at radius 1 is 1.13 bits per heavy atom. The van der Waals surface area contributed by atoms with Crippen LogP contribution in [0.2, 0.25) is 0 Å². The number of amides is 1. The molecule has 0 radical (unpaired) electrons. The lowest BCUT2D eigenvalue weighted by Crippen LogP contribution is -2.60. The number of halogens is 4. The molecular formula is C22H31F4N3O. The van der Waals surface area contributed by atoms with Crippen molar-refractivity contribution in [2.75, 3.05) is 13.1 Å². The minimum absolute atomic E-state index is 0.0393. The zero-order valence-corrected chi connectivity index (χ0v) is 17.5. The average molecular weight is 430 g/mol. The molecule has 1 aromatic rings. The summed E-state index contributed by atoms with van der Waals surface area (Å²) in [5.41, 5.74) is -1.19. The molecule has 2 aliphatic rings. The summed E-state index contributed by atoms with van der Waals surface area (Å²) in [5.74, 6) is -0.0217. The number of rotatable bonds is 7. The van der Waals surface area contributed by atoms with Gasteiger partial charge in [-0.2, -0.15) is 13.2 Å². The number of carbonyl (C=O) groups excluding carboxylic acids is 1. The maximum atomic E-state index is 13.1. The van der Waals surface area contributed by atoms with Crippen molar-refractivity contribution in [1.29, 1.82) is 0 Å². The van der Waals surface area contributed by atoms with Crippen LogP contribution in [0.15, 0.2) is 18.2 Å². The summed E-state index contributed by atoms with van der Waals surface area (Å²) in [4.78, 5) is 13.0. The molecule has 0 atom stereocenters. The highest BCUT2D eigenvalue weighted by Gasteiger charge is 2.52. The van der Waals surface area contributed by atoms with Crippen LogP contribution in [0.25, 0.3) is 0 Å². The fourth-order valence-corrected chi connectivity index (χ4v) is 4.64. The molecule has 1 amide bonds. The molecule has 0 unspecified atom stereocenters. The van der Waals surface area contributed by atoms with E-state index in [9.17, 15) is 22.4 Å². The molecule has 3 N–H and O–H groups in total. The highest BCUT2D eigenvalue weighted by atomic mass is 19.4. The Labute approximate surface area is 175 Å². The number of hydrogen-bond acceptors (Lipinski definition) is 3. The van der Waals surface area contributed by atoms with Crippen molar-refractivity contribution >= 4 is 5.91 Å². The minimum Gasteiger partial charge on any atom is -0.352 e. The van der Waals surface area contributed by atoms with Gasteiger partial charge >= 0.3 is 6.18 Å². The molecule has 1 saturated carbocycles. The topological polar surface area (TPSA) is 53.2 Å². The van der Waals surface area contributed by atoms with Crippen LogP contribution in [0.5, 0.6) is 0 Å². The molecule has 1 saturated heterocycles. The molecule has 1 aromatic carbocycles. The Bertz CT molecular complexity index is 738. The van der Waals surface area contributed by atoms with Crippen LogP contribution >= 0.6 is 0 Å². The smallest absolute Gasteiger partial charge is 0.352 e. The van der Waals surface area contributed by atoms with E-state index >= 15 is 0 Å². The number of piperidine rings is 1. The Kier molecular flexibility index (Phi) is 7.07. The zero-order valence-electron chi connectivity index (χ0n) is 17.5. The molecular weight excluding hydrogens is 398 g/mol. The van der Waals surface area contributed by atoms with E-state index in [4.69, 9.17) is 0 Å². The first-order chi connectivity index (χ1) is 14.1. The van der Waals surface area contributed by atoms with E-state index in [0.29, 0.717) is 6.04 Å². The molecule has 3 rings (SSSR count). The fourth-order valence-electron chi connectivity index (χ4n) is 4.64. The van der Waals surface area contributed by atoms with E-state index in [0.717, 1.165) is 50.9 Å². The molecule has 0 bridgehead atoms. The van der Waals surface area contributed by atoms with Crippen molar-refractivity contribution < 1.29 is 22.4 Å². The van der Waals surface area contributed by atoms with Crippen LogP contribution in [0.4, 0.5) is 17.6 Å². The molecule has 0 aromatic heterocycles. The Morgan fingerprint density at radius 3 is 2.33 bits per heavy atom. The summed E-state index contributed by atoms with van der Waals surface area (Å²) in [5, 5.41) is 9.79. The fraction of sp³-hybridized carbons (Fsp3) is 0.682. The third-order valence-electron chi connectivity index (χ3n) is 6.58. The van der Waals surface area contributed by atoms with E-state index in [2.05, 4.69) is 16.0 Å². The van der Waals surface area contributed by atoms with Gasteiger partial charge in [0, 0.05) is 18.6 Å². The van der Waals surface area contributed by atoms with Crippen LogP contribution < -0.4 is 16.0 Å². The van der Waals surface area contributed by atoms with Crippen molar-refractivity contribution in [1.82, 2.24) is 16.0 Å². The van der Waals surface area contributed by atoms with Gasteiger partial charge < -0.3 is 16.0 Å². The van der Waals surface area contributed by atoms with E-state index in [1.54, 1.807) is 0 Å². The summed E-state index contributed by atoms with van der Waals surface area (Å²) in [6.07, 6.45) is -0.963. The Morgan fingerprint density at radius 2 is 1.77 bits per heavy atom. The van der Waals surface area contributed by atoms with E-state index in [1.807, 2.05) is 13.8 Å². The lowest BCUT2D eigenvalue weighted by Gasteiger charge is -2.50. The van der Waals surface area contributed by atoms with Gasteiger partial charge in [0.1, 0.15) is 6.67 Å². The lowest BCUT2D eigenvalue weighted by molar-refractivity contribution is -0.142. The minimum atomic E-state index is -4.55. The van der Waals surface area contributed by atoms with Gasteiger partial charge in [-0.3, -0.25) is 4.79 Å². The zero-order chi connectivity index (χ0) is 21.9. The molecule has 168 valence electrons. The molecule has 8 heteroatoms. The van der Waals surface area contributed by atoms with Gasteiger partial charge in [0.15, 0.2) is 0 Å². The van der Waals surface area contributed by atoms with Gasteiger partial charge in [-0.05, 0) is 68.0 Å². The SMILES string of the molecule is CC(C)C1(C(=O)NCc2cc(CF)cc(C(F)(F)F)c2)CC(NC2CCNCC2)C1. The lowest BCUT2D eigenvalue weighted by atomic mass is 9.58. The van der Waals surface area contributed by atoms with Gasteiger partial charge in [0.2, 0.25) is 5.91 Å². The number of hydrogen-bond donors (Lipinski definition) is 3. The normalized spacial score (nSPS) is 25.2. The number of alkyl halides is 4. The number of carbonyl (C=O) groups is 1. The molecule has 30 heavy (non-hydrogen) atoms. The van der Waals surface area contributed by atoms with Crippen LogP contribution in [0.3, 0.4) is 0 Å². The predicted octanol–water partition coefficient (Wildman–Crippen LogP) is 3.94. The number of nitrogens with one attached hydrogen (secondary N) is 3. The van der Waals surface area contributed by atoms with Crippen LogP contribution in [-0.2, 0) is 24.2 Å². The molecule has 4 nitrogen and oxygen atoms in total. The second-order valence-electron chi connectivity index (χ2n) is 8.96. The van der Waals surface area contributed by atoms with Crippen molar-refractivity contribution in [3.8, 4) is 0 Å². The maximum Gasteiger partial charge on any atom is 0.416 e. The molecule has 1 aliphatic heterocycles. The third kappa shape index (κ3) is 5.14. The highest BCUT2D eigenvalue weighted by molar-refractivity contribution is 5.84. The van der Waals surface area contributed by atoms with Crippen LogP contribution in [0, 0.1) is 11.3 Å². The summed E-state index contributed by atoms with van der Waals surface area (Å²) in [6, 6.07) is 3.91. The maximum absolute atomic E-state index is 13.1. The average Bonchev–Trinajstić information content (AvgIpc) is 2.68. The van der Waals surface area contributed by atoms with Crippen molar-refractivity contribution in [2.45, 2.75) is 71.0 Å². The second-order valence-corrected chi connectivity index (χ2v) is 8.96. The second kappa shape index (κ2) is 9.22. The van der Waals surface area contributed by atoms with E-state index in [-0.39, 0.29) is 35.5 Å². The number of benzene rings is 1. The van der Waals surface area contributed by atoms with Crippen molar-refractivity contribution in [2.24, 2.45) is 11.3 Å². The standard InChI is InChI=1S/C22H31F4N3O/c1-14(2)21(10-19(11-21)29-18-3-5-27-6-4-18)20(30)28-13-16-7-15(12-23)8-17(9-16)22(24,25)26/h7-9,14,18-19,27,29H,3-6,10-13H2,1-2H3,(H,28,30). The summed E-state index contributed by atoms with van der Waals surface area (Å²) < 4.78 is 52.2. The largest absolute Gasteiger partial charge is 0.416 e. The van der Waals surface area contributed by atoms with Crippen LogP contribution in [0.1, 0.15) is 56.2 Å². The molecule has 0 spiro atoms. The molecule has 1 heterocycles. The third-order valence-corrected chi connectivity index (χ3v) is 6.58. The van der Waals surface area contributed by atoms with Gasteiger partial charge in [-0.15, -0.1) is 0 Å². The van der Waals surface area contributed by atoms with Gasteiger partial charge in [0.05, 0.1) is 11.0 Å². The Hall–Kier alpha value is -1.67. The van der Waals surface area contributed by atoms with Crippen molar-refractivity contribution in [3.05, 3.63) is 34.9 Å². The van der Waals surface area contributed by atoms with Gasteiger partial charge in [0.25, 0.3) is 0 Å². The summed E-state index contributed by atoms with van der Waals surface area (Å²) in [7, 11) is 0. The Balaban J connectivity index is 1.61. The van der Waals surface area contributed by atoms with Crippen molar-refractivity contribution in [3.63, 3.8) is 0 Å². The van der Waals surface area contributed by atoms with Crippen LogP contribution in [-0.4, -0.2) is 31.1 Å². The summed E-state index contributed by atoms with van der Waals surface area (Å²) in [6.45, 7) is 4.98. The first-order valence-electron chi connectivity index (χ1n) is 10.6. The molecule has 2 fully saturated rings. The molecule has 1 aliphatic carbocycles. The quantitative estimate of drug-likeness (QED) is 0.576. The van der Waals surface area contributed by atoms with Gasteiger partial charge in [-0.25, -0.2) is 4.39 Å². The van der Waals surface area contributed by atoms with E-state index in [1.165, 1.54) is 6.07 Å². The first kappa shape index (κ1) is 23.0. The monoisotopic (exact) mass is 429 g/mol. The summed E-state index contributed by atoms with van der Waals surface area (Å²) >= 11 is 0. The van der Waals surface area contributed by atoms with Gasteiger partial charge in [-0.1, -0.05) is 19.9 Å². The first-order valence-corrected chi connectivity index (χ1v) is 10.6.